The first-order chi connectivity index (χ1) is 10.7. The fourth-order valence-electron chi connectivity index (χ4n) is 3.30. The van der Waals surface area contributed by atoms with Gasteiger partial charge in [0.15, 0.2) is 0 Å². The first-order valence-electron chi connectivity index (χ1n) is 7.81. The van der Waals surface area contributed by atoms with Crippen molar-refractivity contribution < 1.29 is 0 Å². The van der Waals surface area contributed by atoms with Crippen molar-refractivity contribution in [3.63, 3.8) is 0 Å². The van der Waals surface area contributed by atoms with Crippen molar-refractivity contribution in [2.45, 2.75) is 38.5 Å². The number of nitrogens with zero attached hydrogens (tertiary/aromatic N) is 1. The van der Waals surface area contributed by atoms with Crippen LogP contribution in [0.1, 0.15) is 43.0 Å². The van der Waals surface area contributed by atoms with E-state index in [1.807, 2.05) is 0 Å². The molecule has 3 nitrogen and oxygen atoms in total. The molecule has 0 atom stereocenters. The second kappa shape index (κ2) is 5.36. The van der Waals surface area contributed by atoms with Crippen LogP contribution < -0.4 is 5.56 Å². The van der Waals surface area contributed by atoms with Gasteiger partial charge in [-0.05, 0) is 25.3 Å². The molecule has 0 amide bonds. The second-order valence-corrected chi connectivity index (χ2v) is 6.99. The average Bonchev–Trinajstić information content (AvgIpc) is 3.17. The van der Waals surface area contributed by atoms with Gasteiger partial charge in [0.1, 0.15) is 10.7 Å². The van der Waals surface area contributed by atoms with E-state index in [2.05, 4.69) is 41.6 Å². The average molecular weight is 310 g/mol. The zero-order chi connectivity index (χ0) is 15.1. The molecule has 4 rings (SSSR count). The smallest absolute Gasteiger partial charge is 0.260 e. The first kappa shape index (κ1) is 13.7. The zero-order valence-corrected chi connectivity index (χ0v) is 13.4. The van der Waals surface area contributed by atoms with Crippen molar-refractivity contribution in [3.05, 3.63) is 51.4 Å². The number of rotatable bonds is 2. The van der Waals surface area contributed by atoms with E-state index in [1.165, 1.54) is 18.4 Å². The van der Waals surface area contributed by atoms with Crippen LogP contribution in [-0.2, 0) is 0 Å². The van der Waals surface area contributed by atoms with E-state index in [1.54, 1.807) is 11.3 Å². The molecule has 1 saturated carbocycles. The first-order valence-corrected chi connectivity index (χ1v) is 8.69. The van der Waals surface area contributed by atoms with Crippen LogP contribution in [0.2, 0.25) is 0 Å². The monoisotopic (exact) mass is 310 g/mol. The predicted octanol–water partition coefficient (Wildman–Crippen LogP) is 4.62. The summed E-state index contributed by atoms with van der Waals surface area (Å²) in [6, 6.07) is 8.29. The molecule has 1 aromatic carbocycles. The van der Waals surface area contributed by atoms with Crippen molar-refractivity contribution >= 4 is 21.6 Å². The van der Waals surface area contributed by atoms with Gasteiger partial charge < -0.3 is 4.98 Å². The lowest BCUT2D eigenvalue weighted by Crippen LogP contribution is -2.13. The number of hydrogen-bond donors (Lipinski definition) is 1. The van der Waals surface area contributed by atoms with Crippen LogP contribution in [0.5, 0.6) is 0 Å². The lowest BCUT2D eigenvalue weighted by molar-refractivity contribution is 0.670. The molecule has 2 aromatic heterocycles. The Morgan fingerprint density at radius 1 is 1.18 bits per heavy atom. The molecule has 1 fully saturated rings. The molecule has 3 aromatic rings. The van der Waals surface area contributed by atoms with Gasteiger partial charge in [-0.2, -0.15) is 0 Å². The van der Waals surface area contributed by atoms with Gasteiger partial charge >= 0.3 is 0 Å². The van der Waals surface area contributed by atoms with E-state index in [4.69, 9.17) is 4.98 Å². The quantitative estimate of drug-likeness (QED) is 0.751. The van der Waals surface area contributed by atoms with Crippen LogP contribution >= 0.6 is 11.3 Å². The van der Waals surface area contributed by atoms with E-state index in [9.17, 15) is 4.79 Å². The van der Waals surface area contributed by atoms with E-state index in [-0.39, 0.29) is 5.56 Å². The van der Waals surface area contributed by atoms with E-state index < -0.39 is 0 Å². The maximum Gasteiger partial charge on any atom is 0.260 e. The standard InChI is InChI=1S/C18H18N2OS/c1-11-6-8-12(9-7-11)14-10-22-18-15(14)17(21)19-16(20-18)13-4-2-3-5-13/h6-10,13H,2-5H2,1H3,(H,19,20,21). The predicted molar refractivity (Wildman–Crippen MR) is 91.6 cm³/mol. The largest absolute Gasteiger partial charge is 0.310 e. The highest BCUT2D eigenvalue weighted by atomic mass is 32.1. The fourth-order valence-corrected chi connectivity index (χ4v) is 4.26. The minimum Gasteiger partial charge on any atom is -0.310 e. The second-order valence-electron chi connectivity index (χ2n) is 6.13. The van der Waals surface area contributed by atoms with Gasteiger partial charge in [0.2, 0.25) is 0 Å². The molecule has 0 aliphatic heterocycles. The maximum absolute atomic E-state index is 12.6. The van der Waals surface area contributed by atoms with Crippen molar-refractivity contribution in [2.75, 3.05) is 0 Å². The molecule has 22 heavy (non-hydrogen) atoms. The minimum absolute atomic E-state index is 0.00345. The SMILES string of the molecule is Cc1ccc(-c2csc3nc(C4CCCC4)[nH]c(=O)c23)cc1. The van der Waals surface area contributed by atoms with Crippen molar-refractivity contribution in [2.24, 2.45) is 0 Å². The van der Waals surface area contributed by atoms with Crippen LogP contribution in [0.15, 0.2) is 34.4 Å². The van der Waals surface area contributed by atoms with Gasteiger partial charge in [-0.1, -0.05) is 42.7 Å². The summed E-state index contributed by atoms with van der Waals surface area (Å²) in [6.07, 6.45) is 4.77. The van der Waals surface area contributed by atoms with Crippen LogP contribution in [0.3, 0.4) is 0 Å². The topological polar surface area (TPSA) is 45.8 Å². The lowest BCUT2D eigenvalue weighted by atomic mass is 10.0. The summed E-state index contributed by atoms with van der Waals surface area (Å²) in [5, 5.41) is 2.78. The molecule has 0 spiro atoms. The van der Waals surface area contributed by atoms with Gasteiger partial charge in [-0.25, -0.2) is 4.98 Å². The molecule has 1 N–H and O–H groups in total. The number of aromatic nitrogens is 2. The normalized spacial score (nSPS) is 15.7. The molecule has 1 aliphatic rings. The van der Waals surface area contributed by atoms with Gasteiger partial charge in [-0.15, -0.1) is 11.3 Å². The van der Waals surface area contributed by atoms with Gasteiger partial charge in [0.25, 0.3) is 5.56 Å². The number of aromatic amines is 1. The molecule has 112 valence electrons. The summed E-state index contributed by atoms with van der Waals surface area (Å²) in [7, 11) is 0. The van der Waals surface area contributed by atoms with Crippen molar-refractivity contribution in [3.8, 4) is 11.1 Å². The summed E-state index contributed by atoms with van der Waals surface area (Å²) >= 11 is 1.57. The summed E-state index contributed by atoms with van der Waals surface area (Å²) in [6.45, 7) is 2.07. The maximum atomic E-state index is 12.6. The van der Waals surface area contributed by atoms with Crippen LogP contribution in [-0.4, -0.2) is 9.97 Å². The molecular weight excluding hydrogens is 292 g/mol. The van der Waals surface area contributed by atoms with Crippen LogP contribution in [0.25, 0.3) is 21.3 Å². The number of aryl methyl sites for hydroxylation is 1. The third-order valence-corrected chi connectivity index (χ3v) is 5.44. The summed E-state index contributed by atoms with van der Waals surface area (Å²) in [5.41, 5.74) is 3.30. The number of hydrogen-bond acceptors (Lipinski definition) is 3. The third-order valence-electron chi connectivity index (χ3n) is 4.57. The van der Waals surface area contributed by atoms with E-state index in [0.717, 1.165) is 40.0 Å². The lowest BCUT2D eigenvalue weighted by Gasteiger charge is -2.08. The zero-order valence-electron chi connectivity index (χ0n) is 12.6. The van der Waals surface area contributed by atoms with E-state index >= 15 is 0 Å². The highest BCUT2D eigenvalue weighted by molar-refractivity contribution is 7.17. The Morgan fingerprint density at radius 3 is 2.64 bits per heavy atom. The Balaban J connectivity index is 1.85. The number of thiophene rings is 1. The van der Waals surface area contributed by atoms with Crippen LogP contribution in [0, 0.1) is 6.92 Å². The minimum atomic E-state index is 0.00345. The Labute approximate surface area is 133 Å². The Hall–Kier alpha value is -1.94. The summed E-state index contributed by atoms with van der Waals surface area (Å²) < 4.78 is 0. The molecule has 0 radical (unpaired) electrons. The van der Waals surface area contributed by atoms with Gasteiger partial charge in [0, 0.05) is 16.9 Å². The van der Waals surface area contributed by atoms with Gasteiger partial charge in [0.05, 0.1) is 5.39 Å². The van der Waals surface area contributed by atoms with Crippen LogP contribution in [0.4, 0.5) is 0 Å². The molecular formula is C18H18N2OS. The molecule has 0 unspecified atom stereocenters. The number of nitrogens with one attached hydrogen (secondary N) is 1. The number of benzene rings is 1. The highest BCUT2D eigenvalue weighted by Gasteiger charge is 2.21. The molecule has 2 heterocycles. The Kier molecular flexibility index (Phi) is 3.34. The summed E-state index contributed by atoms with van der Waals surface area (Å²) in [4.78, 5) is 21.2. The molecule has 0 saturated heterocycles. The van der Waals surface area contributed by atoms with Gasteiger partial charge in [-0.3, -0.25) is 4.79 Å². The number of H-pyrrole nitrogens is 1. The fraction of sp³-hybridized carbons (Fsp3) is 0.333. The highest BCUT2D eigenvalue weighted by Crippen LogP contribution is 2.35. The third kappa shape index (κ3) is 2.28. The van der Waals surface area contributed by atoms with Crippen molar-refractivity contribution in [1.29, 1.82) is 0 Å². The number of fused-ring (bicyclic) bond motifs is 1. The molecule has 1 aliphatic carbocycles. The molecule has 4 heteroatoms. The Morgan fingerprint density at radius 2 is 1.91 bits per heavy atom. The summed E-state index contributed by atoms with van der Waals surface area (Å²) in [5.74, 6) is 1.31. The van der Waals surface area contributed by atoms with Crippen molar-refractivity contribution in [1.82, 2.24) is 9.97 Å². The van der Waals surface area contributed by atoms with E-state index in [0.29, 0.717) is 5.92 Å². The molecule has 0 bridgehead atoms. The Bertz CT molecular complexity index is 870.